The summed E-state index contributed by atoms with van der Waals surface area (Å²) in [6, 6.07) is 12.4. The van der Waals surface area contributed by atoms with Crippen LogP contribution in [-0.4, -0.2) is 23.8 Å². The van der Waals surface area contributed by atoms with Crippen molar-refractivity contribution in [3.63, 3.8) is 0 Å². The standard InChI is InChI=1S/C26H30ClFO4/c1-15(2)12-23-21(17-8-10-18(27)11-9-17)13-20(16(3)4)25(32-23)19-6-5-7-22(28)26(19)31-14-24(29)30/h5-11,15,20-21,23,25H,3,12-14H2,1-2,4H3,(H,29,30)/t20-,21-,23+,25-/m0/s1. The minimum atomic E-state index is -1.17. The number of benzene rings is 2. The van der Waals surface area contributed by atoms with Gasteiger partial charge in [0.25, 0.3) is 0 Å². The SMILES string of the molecule is C=C(C)[C@@H]1C[C@@H](c2ccc(Cl)cc2)[C@@H](CC(C)C)O[C@H]1c1cccc(F)c1OCC(=O)O. The number of hydrogen-bond donors (Lipinski definition) is 1. The van der Waals surface area contributed by atoms with E-state index in [-0.39, 0.29) is 23.7 Å². The van der Waals surface area contributed by atoms with Crippen LogP contribution < -0.4 is 4.74 Å². The highest BCUT2D eigenvalue weighted by Crippen LogP contribution is 2.49. The maximum Gasteiger partial charge on any atom is 0.341 e. The number of rotatable bonds is 8. The van der Waals surface area contributed by atoms with Gasteiger partial charge >= 0.3 is 5.97 Å². The van der Waals surface area contributed by atoms with Crippen LogP contribution in [0.4, 0.5) is 4.39 Å². The summed E-state index contributed by atoms with van der Waals surface area (Å²) in [4.78, 5) is 11.0. The first-order chi connectivity index (χ1) is 15.2. The van der Waals surface area contributed by atoms with E-state index >= 15 is 0 Å². The molecule has 0 radical (unpaired) electrons. The molecule has 0 spiro atoms. The van der Waals surface area contributed by atoms with Gasteiger partial charge in [0.1, 0.15) is 0 Å². The molecule has 2 aromatic carbocycles. The predicted molar refractivity (Wildman–Crippen MR) is 124 cm³/mol. The van der Waals surface area contributed by atoms with Gasteiger partial charge in [-0.25, -0.2) is 9.18 Å². The molecule has 4 atom stereocenters. The minimum absolute atomic E-state index is 0.0700. The number of carboxylic acids is 1. The average molecular weight is 461 g/mol. The van der Waals surface area contributed by atoms with Gasteiger partial charge in [0.15, 0.2) is 18.2 Å². The van der Waals surface area contributed by atoms with Crippen LogP contribution in [0, 0.1) is 17.7 Å². The Hall–Kier alpha value is -2.37. The van der Waals surface area contributed by atoms with Crippen LogP contribution in [0.5, 0.6) is 5.75 Å². The molecule has 0 bridgehead atoms. The van der Waals surface area contributed by atoms with Crippen molar-refractivity contribution in [3.8, 4) is 5.75 Å². The molecule has 4 nitrogen and oxygen atoms in total. The fourth-order valence-corrected chi connectivity index (χ4v) is 4.58. The Labute approximate surface area is 194 Å². The van der Waals surface area contributed by atoms with E-state index in [0.29, 0.717) is 16.5 Å². The number of hydrogen-bond acceptors (Lipinski definition) is 3. The second kappa shape index (κ2) is 10.5. The predicted octanol–water partition coefficient (Wildman–Crippen LogP) is 6.79. The van der Waals surface area contributed by atoms with E-state index in [1.165, 1.54) is 6.07 Å². The molecule has 32 heavy (non-hydrogen) atoms. The monoisotopic (exact) mass is 460 g/mol. The molecule has 0 amide bonds. The Kier molecular flexibility index (Phi) is 7.96. The van der Waals surface area contributed by atoms with Crippen molar-refractivity contribution < 1.29 is 23.8 Å². The fourth-order valence-electron chi connectivity index (χ4n) is 4.46. The van der Waals surface area contributed by atoms with E-state index in [1.54, 1.807) is 12.1 Å². The topological polar surface area (TPSA) is 55.8 Å². The van der Waals surface area contributed by atoms with Gasteiger partial charge < -0.3 is 14.6 Å². The van der Waals surface area contributed by atoms with Crippen LogP contribution in [0.3, 0.4) is 0 Å². The van der Waals surface area contributed by atoms with Crippen molar-refractivity contribution in [1.29, 1.82) is 0 Å². The lowest BCUT2D eigenvalue weighted by Crippen LogP contribution is -2.37. The summed E-state index contributed by atoms with van der Waals surface area (Å²) in [5, 5.41) is 9.71. The molecule has 6 heteroatoms. The van der Waals surface area contributed by atoms with Gasteiger partial charge in [-0.3, -0.25) is 0 Å². The Balaban J connectivity index is 2.02. The highest BCUT2D eigenvalue weighted by Gasteiger charge is 2.41. The largest absolute Gasteiger partial charge is 0.479 e. The van der Waals surface area contributed by atoms with E-state index in [4.69, 9.17) is 26.2 Å². The molecule has 1 heterocycles. The van der Waals surface area contributed by atoms with Crippen molar-refractivity contribution in [2.45, 2.75) is 51.7 Å². The number of carbonyl (C=O) groups is 1. The third-order valence-electron chi connectivity index (χ3n) is 5.92. The van der Waals surface area contributed by atoms with Gasteiger partial charge in [0.2, 0.25) is 0 Å². The molecular formula is C26H30ClFO4. The molecule has 1 saturated heterocycles. The van der Waals surface area contributed by atoms with E-state index in [9.17, 15) is 9.18 Å². The molecule has 1 fully saturated rings. The summed E-state index contributed by atoms with van der Waals surface area (Å²) in [5.41, 5.74) is 2.58. The Bertz CT molecular complexity index is 957. The van der Waals surface area contributed by atoms with Gasteiger partial charge in [-0.2, -0.15) is 0 Å². The van der Waals surface area contributed by atoms with Crippen molar-refractivity contribution >= 4 is 17.6 Å². The molecule has 0 saturated carbocycles. The first kappa shape index (κ1) is 24.3. The molecule has 1 aliphatic rings. The molecule has 0 aromatic heterocycles. The smallest absolute Gasteiger partial charge is 0.341 e. The zero-order valence-electron chi connectivity index (χ0n) is 18.7. The quantitative estimate of drug-likeness (QED) is 0.440. The summed E-state index contributed by atoms with van der Waals surface area (Å²) >= 11 is 6.10. The molecule has 0 aliphatic carbocycles. The number of para-hydroxylation sites is 1. The molecule has 1 N–H and O–H groups in total. The normalized spacial score (nSPS) is 23.2. The highest BCUT2D eigenvalue weighted by molar-refractivity contribution is 6.30. The fraction of sp³-hybridized carbons (Fsp3) is 0.423. The lowest BCUT2D eigenvalue weighted by atomic mass is 9.74. The van der Waals surface area contributed by atoms with Crippen LogP contribution >= 0.6 is 11.6 Å². The minimum Gasteiger partial charge on any atom is -0.479 e. The number of carboxylic acid groups (broad SMARTS) is 1. The van der Waals surface area contributed by atoms with Crippen LogP contribution in [0.25, 0.3) is 0 Å². The summed E-state index contributed by atoms with van der Waals surface area (Å²) in [6.45, 7) is 9.79. The number of halogens is 2. The maximum atomic E-state index is 14.7. The lowest BCUT2D eigenvalue weighted by molar-refractivity contribution is -0.139. The Morgan fingerprint density at radius 1 is 1.28 bits per heavy atom. The molecule has 3 rings (SSSR count). The molecule has 1 aliphatic heterocycles. The summed E-state index contributed by atoms with van der Waals surface area (Å²) in [5.74, 6) is -1.40. The van der Waals surface area contributed by atoms with Gasteiger partial charge in [-0.05, 0) is 49.4 Å². The Morgan fingerprint density at radius 3 is 2.56 bits per heavy atom. The van der Waals surface area contributed by atoms with Crippen molar-refractivity contribution in [3.05, 3.63) is 76.6 Å². The average Bonchev–Trinajstić information content (AvgIpc) is 2.72. The third kappa shape index (κ3) is 5.70. The Morgan fingerprint density at radius 2 is 1.97 bits per heavy atom. The maximum absolute atomic E-state index is 14.7. The van der Waals surface area contributed by atoms with Crippen LogP contribution in [-0.2, 0) is 9.53 Å². The number of ether oxygens (including phenoxy) is 2. The molecule has 172 valence electrons. The van der Waals surface area contributed by atoms with Gasteiger partial charge in [0.05, 0.1) is 12.2 Å². The van der Waals surface area contributed by atoms with E-state index in [0.717, 1.165) is 24.0 Å². The molecule has 0 unspecified atom stereocenters. The van der Waals surface area contributed by atoms with Crippen molar-refractivity contribution in [1.82, 2.24) is 0 Å². The van der Waals surface area contributed by atoms with Crippen molar-refractivity contribution in [2.75, 3.05) is 6.61 Å². The summed E-state index contributed by atoms with van der Waals surface area (Å²) < 4.78 is 26.7. The van der Waals surface area contributed by atoms with E-state index in [1.807, 2.05) is 31.2 Å². The van der Waals surface area contributed by atoms with E-state index in [2.05, 4.69) is 20.4 Å². The first-order valence-electron chi connectivity index (χ1n) is 10.9. The van der Waals surface area contributed by atoms with Gasteiger partial charge in [-0.15, -0.1) is 0 Å². The second-order valence-corrected chi connectivity index (χ2v) is 9.35. The first-order valence-corrected chi connectivity index (χ1v) is 11.2. The lowest BCUT2D eigenvalue weighted by Gasteiger charge is -2.43. The van der Waals surface area contributed by atoms with Gasteiger partial charge in [0, 0.05) is 22.4 Å². The molecule has 2 aromatic rings. The number of aliphatic carboxylic acids is 1. The van der Waals surface area contributed by atoms with E-state index < -0.39 is 24.5 Å². The zero-order valence-corrected chi connectivity index (χ0v) is 19.4. The van der Waals surface area contributed by atoms with Crippen LogP contribution in [0.15, 0.2) is 54.6 Å². The van der Waals surface area contributed by atoms with Crippen LogP contribution in [0.2, 0.25) is 5.02 Å². The zero-order chi connectivity index (χ0) is 23.4. The second-order valence-electron chi connectivity index (χ2n) is 8.91. The third-order valence-corrected chi connectivity index (χ3v) is 6.17. The van der Waals surface area contributed by atoms with Gasteiger partial charge in [-0.1, -0.05) is 61.9 Å². The summed E-state index contributed by atoms with van der Waals surface area (Å²) in [7, 11) is 0. The highest BCUT2D eigenvalue weighted by atomic mass is 35.5. The molecular weight excluding hydrogens is 431 g/mol. The van der Waals surface area contributed by atoms with Crippen LogP contribution in [0.1, 0.15) is 56.8 Å². The summed E-state index contributed by atoms with van der Waals surface area (Å²) in [6.07, 6.45) is 1.01. The van der Waals surface area contributed by atoms with Crippen molar-refractivity contribution in [2.24, 2.45) is 11.8 Å².